The van der Waals surface area contributed by atoms with Crippen LogP contribution >= 0.6 is 0 Å². The zero-order valence-corrected chi connectivity index (χ0v) is 6.01. The molecule has 1 N–H and O–H groups in total. The van der Waals surface area contributed by atoms with Crippen molar-refractivity contribution in [2.75, 3.05) is 13.2 Å². The highest BCUT2D eigenvalue weighted by Crippen LogP contribution is 2.16. The average Bonchev–Trinajstić information content (AvgIpc) is 2.50. The summed E-state index contributed by atoms with van der Waals surface area (Å²) in [6, 6.07) is -0.231. The first-order valence-electron chi connectivity index (χ1n) is 3.47. The zero-order valence-electron chi connectivity index (χ0n) is 6.01. The number of aliphatic hydroxyl groups excluding tert-OH is 1. The molecule has 1 atom stereocenters. The van der Waals surface area contributed by atoms with Gasteiger partial charge in [-0.25, -0.2) is 0 Å². The number of rotatable bonds is 2. The van der Waals surface area contributed by atoms with Crippen LogP contribution in [0.1, 0.15) is 12.8 Å². The second-order valence-corrected chi connectivity index (χ2v) is 2.48. The van der Waals surface area contributed by atoms with E-state index in [0.717, 1.165) is 12.8 Å². The van der Waals surface area contributed by atoms with Gasteiger partial charge in [0.25, 0.3) is 0 Å². The number of aliphatic hydroxyl groups is 1. The Balaban J connectivity index is 2.56. The predicted molar refractivity (Wildman–Crippen MR) is 36.2 cm³/mol. The highest BCUT2D eigenvalue weighted by molar-refractivity contribution is 4.71. The van der Waals surface area contributed by atoms with Gasteiger partial charge < -0.3 is 15.5 Å². The molecule has 0 aromatic carbocycles. The molecule has 0 unspecified atom stereocenters. The van der Waals surface area contributed by atoms with Crippen LogP contribution in [0.3, 0.4) is 0 Å². The van der Waals surface area contributed by atoms with E-state index in [9.17, 15) is 10.4 Å². The highest BCUT2D eigenvalue weighted by Gasteiger charge is 2.29. The van der Waals surface area contributed by atoms with E-state index in [-0.39, 0.29) is 17.6 Å². The molecule has 1 fully saturated rings. The van der Waals surface area contributed by atoms with Crippen molar-refractivity contribution in [3.05, 3.63) is 10.4 Å². The minimum atomic E-state index is -0.231. The van der Waals surface area contributed by atoms with Crippen LogP contribution < -0.4 is 0 Å². The topological polar surface area (TPSA) is 85.0 Å². The first-order chi connectivity index (χ1) is 5.29. The molecule has 64 valence electrons. The molecule has 0 aromatic rings. The van der Waals surface area contributed by atoms with Gasteiger partial charge in [0.2, 0.25) is 0 Å². The highest BCUT2D eigenvalue weighted by atomic mass is 16.6. The van der Waals surface area contributed by atoms with Crippen LogP contribution in [0.4, 0.5) is 0 Å². The van der Waals surface area contributed by atoms with Crippen molar-refractivity contribution in [2.24, 2.45) is 5.28 Å². The molecule has 0 aliphatic carbocycles. The molecule has 0 radical (unpaired) electrons. The van der Waals surface area contributed by atoms with Gasteiger partial charge in [0.1, 0.15) is 6.04 Å². The quantitative estimate of drug-likeness (QED) is 0.345. The smallest absolute Gasteiger partial charge is 0.111 e. The van der Waals surface area contributed by atoms with E-state index < -0.39 is 0 Å². The number of nitrogens with zero attached hydrogens (tertiary/aromatic N) is 3. The van der Waals surface area contributed by atoms with E-state index in [4.69, 9.17) is 5.11 Å². The van der Waals surface area contributed by atoms with E-state index in [1.54, 1.807) is 0 Å². The lowest BCUT2D eigenvalue weighted by Gasteiger charge is -2.18. The Morgan fingerprint density at radius 1 is 1.73 bits per heavy atom. The molecule has 11 heavy (non-hydrogen) atoms. The first kappa shape index (κ1) is 8.06. The lowest BCUT2D eigenvalue weighted by Crippen LogP contribution is -2.37. The molecule has 0 amide bonds. The summed E-state index contributed by atoms with van der Waals surface area (Å²) in [4.78, 5) is 0.00782. The second-order valence-electron chi connectivity index (χ2n) is 2.48. The van der Waals surface area contributed by atoms with Crippen LogP contribution in [-0.4, -0.2) is 34.3 Å². The third-order valence-corrected chi connectivity index (χ3v) is 1.85. The summed E-state index contributed by atoms with van der Waals surface area (Å²) < 4.78 is 0. The van der Waals surface area contributed by atoms with Crippen LogP contribution in [-0.2, 0) is 0 Å². The summed E-state index contributed by atoms with van der Waals surface area (Å²) >= 11 is 0. The molecule has 1 saturated heterocycles. The van der Waals surface area contributed by atoms with Crippen molar-refractivity contribution < 1.29 is 10.1 Å². The van der Waals surface area contributed by atoms with Gasteiger partial charge in [0, 0.05) is 4.97 Å². The minimum Gasteiger partial charge on any atom is -0.737 e. The zero-order chi connectivity index (χ0) is 8.27. The van der Waals surface area contributed by atoms with E-state index in [1.165, 1.54) is 5.01 Å². The van der Waals surface area contributed by atoms with Crippen LogP contribution in [0.5, 0.6) is 0 Å². The summed E-state index contributed by atoms with van der Waals surface area (Å²) in [7, 11) is 0. The van der Waals surface area contributed by atoms with Crippen molar-refractivity contribution >= 4 is 0 Å². The van der Waals surface area contributed by atoms with Gasteiger partial charge in [-0.2, -0.15) is 0 Å². The van der Waals surface area contributed by atoms with Gasteiger partial charge in [-0.1, -0.05) is 0 Å². The Labute approximate surface area is 63.9 Å². The molecule has 1 aliphatic heterocycles. The van der Waals surface area contributed by atoms with E-state index in [2.05, 4.69) is 5.28 Å². The minimum absolute atomic E-state index is 0.00782. The molecule has 6 heteroatoms. The van der Waals surface area contributed by atoms with Gasteiger partial charge in [-0.3, -0.25) is 0 Å². The van der Waals surface area contributed by atoms with Crippen molar-refractivity contribution in [1.29, 1.82) is 0 Å². The molecule has 1 aliphatic rings. The van der Waals surface area contributed by atoms with E-state index in [1.807, 2.05) is 0 Å². The van der Waals surface area contributed by atoms with Crippen molar-refractivity contribution in [3.63, 3.8) is 0 Å². The van der Waals surface area contributed by atoms with Crippen LogP contribution in [0.2, 0.25) is 0 Å². The lowest BCUT2D eigenvalue weighted by atomic mass is 10.2. The van der Waals surface area contributed by atoms with Crippen LogP contribution in [0, 0.1) is 10.4 Å². The largest absolute Gasteiger partial charge is 0.737 e. The molecule has 0 spiro atoms. The predicted octanol–water partition coefficient (Wildman–Crippen LogP) is -0.182. The molecule has 6 nitrogen and oxygen atoms in total. The van der Waals surface area contributed by atoms with Gasteiger partial charge in [0.15, 0.2) is 0 Å². The normalized spacial score (nSPS) is 26.1. The Bertz CT molecular complexity index is 161. The number of hydrazine groups is 1. The van der Waals surface area contributed by atoms with Crippen molar-refractivity contribution in [1.82, 2.24) is 5.01 Å². The van der Waals surface area contributed by atoms with Gasteiger partial charge in [-0.15, -0.1) is 5.01 Å². The van der Waals surface area contributed by atoms with Crippen molar-refractivity contribution in [2.45, 2.75) is 18.9 Å². The second kappa shape index (κ2) is 3.38. The molecule has 1 rings (SSSR count). The molecular formula is C5H10N3O3-. The average molecular weight is 160 g/mol. The van der Waals surface area contributed by atoms with Gasteiger partial charge >= 0.3 is 0 Å². The van der Waals surface area contributed by atoms with Gasteiger partial charge in [-0.05, 0) is 18.1 Å². The Morgan fingerprint density at radius 3 is 3.00 bits per heavy atom. The van der Waals surface area contributed by atoms with E-state index in [0.29, 0.717) is 6.54 Å². The van der Waals surface area contributed by atoms with E-state index >= 15 is 0 Å². The maximum atomic E-state index is 10.6. The number of hydrogen-bond acceptors (Lipinski definition) is 4. The maximum absolute atomic E-state index is 10.6. The fourth-order valence-corrected chi connectivity index (χ4v) is 1.28. The molecule has 0 saturated carbocycles. The maximum Gasteiger partial charge on any atom is 0.111 e. The summed E-state index contributed by atoms with van der Waals surface area (Å²) in [6.07, 6.45) is 1.56. The summed E-state index contributed by atoms with van der Waals surface area (Å²) in [6.45, 7) is 0.398. The molecule has 0 bridgehead atoms. The Morgan fingerprint density at radius 2 is 2.45 bits per heavy atom. The summed E-state index contributed by atoms with van der Waals surface area (Å²) in [5, 5.41) is 32.6. The Kier molecular flexibility index (Phi) is 2.48. The molecule has 1 heterocycles. The first-order valence-corrected chi connectivity index (χ1v) is 3.47. The summed E-state index contributed by atoms with van der Waals surface area (Å²) in [5.41, 5.74) is 0. The fraction of sp³-hybridized carbons (Fsp3) is 1.00. The molecule has 0 aromatic heterocycles. The third-order valence-electron chi connectivity index (χ3n) is 1.85. The van der Waals surface area contributed by atoms with Gasteiger partial charge in [0.05, 0.1) is 13.2 Å². The Hall–Kier alpha value is -1.04. The summed E-state index contributed by atoms with van der Waals surface area (Å²) in [5.74, 6) is 0. The third kappa shape index (κ3) is 1.51. The standard InChI is InChI=1S/C5H11N3O3/c9-4-5-2-1-3-7(5)8(11)6-10/h5,9-10H,1-4H2/p-1/b8-6+/t5-/m0/s1. The molecular weight excluding hydrogens is 150 g/mol. The fourth-order valence-electron chi connectivity index (χ4n) is 1.28. The van der Waals surface area contributed by atoms with Crippen molar-refractivity contribution in [3.8, 4) is 0 Å². The number of hydrogen-bond donors (Lipinski definition) is 1. The van der Waals surface area contributed by atoms with Crippen LogP contribution in [0.25, 0.3) is 0 Å². The lowest BCUT2D eigenvalue weighted by molar-refractivity contribution is -0.694. The monoisotopic (exact) mass is 160 g/mol. The van der Waals surface area contributed by atoms with Crippen LogP contribution in [0.15, 0.2) is 5.28 Å². The SMILES string of the molecule is [O-]/N=[N+](/[O-])N1CCC[C@H]1CO.